The van der Waals surface area contributed by atoms with E-state index in [9.17, 15) is 9.90 Å². The highest BCUT2D eigenvalue weighted by Crippen LogP contribution is 2.25. The van der Waals surface area contributed by atoms with E-state index in [1.807, 2.05) is 6.07 Å². The van der Waals surface area contributed by atoms with Crippen LogP contribution in [0.25, 0.3) is 0 Å². The fourth-order valence-corrected chi connectivity index (χ4v) is 3.81. The van der Waals surface area contributed by atoms with E-state index in [0.29, 0.717) is 29.8 Å². The van der Waals surface area contributed by atoms with Crippen LogP contribution in [0.4, 0.5) is 23.3 Å². The molecule has 0 radical (unpaired) electrons. The molecule has 0 spiro atoms. The third-order valence-corrected chi connectivity index (χ3v) is 5.67. The molecule has 1 aromatic carbocycles. The van der Waals surface area contributed by atoms with Gasteiger partial charge in [0.05, 0.1) is 5.69 Å². The van der Waals surface area contributed by atoms with E-state index in [2.05, 4.69) is 54.9 Å². The van der Waals surface area contributed by atoms with Gasteiger partial charge in [-0.1, -0.05) is 18.2 Å². The lowest BCUT2D eigenvalue weighted by Gasteiger charge is -2.18. The van der Waals surface area contributed by atoms with Crippen molar-refractivity contribution in [2.75, 3.05) is 30.3 Å². The second kappa shape index (κ2) is 10.6. The molecule has 0 unspecified atom stereocenters. The Balaban J connectivity index is 1.64. The molecule has 0 aliphatic carbocycles. The zero-order valence-corrected chi connectivity index (χ0v) is 20.1. The number of pyridine rings is 1. The Morgan fingerprint density at radius 1 is 1.14 bits per heavy atom. The average Bonchev–Trinajstić information content (AvgIpc) is 3.07. The Kier molecular flexibility index (Phi) is 7.38. The molecule has 1 aliphatic rings. The summed E-state index contributed by atoms with van der Waals surface area (Å²) in [7, 11) is 0. The number of amides is 1. The Morgan fingerprint density at radius 3 is 2.71 bits per heavy atom. The molecule has 35 heavy (non-hydrogen) atoms. The van der Waals surface area contributed by atoms with Gasteiger partial charge in [0.25, 0.3) is 5.91 Å². The van der Waals surface area contributed by atoms with Crippen molar-refractivity contribution < 1.29 is 9.90 Å². The fraction of sp³-hybridized carbons (Fsp3) is 0.308. The number of fused-ring (bicyclic) bond motifs is 1. The summed E-state index contributed by atoms with van der Waals surface area (Å²) in [6.45, 7) is 9.21. The van der Waals surface area contributed by atoms with E-state index < -0.39 is 5.60 Å². The number of nitrogens with zero attached hydrogens (tertiary/aromatic N) is 3. The molecular formula is C26H31N7O2. The predicted octanol–water partition coefficient (Wildman–Crippen LogP) is 3.19. The molecule has 182 valence electrons. The van der Waals surface area contributed by atoms with Gasteiger partial charge in [-0.2, -0.15) is 4.98 Å². The number of carbonyl (C=O) groups excluding carboxylic acids is 1. The molecule has 0 saturated carbocycles. The molecule has 2 aromatic heterocycles. The summed E-state index contributed by atoms with van der Waals surface area (Å²) in [4.78, 5) is 26.2. The van der Waals surface area contributed by atoms with Gasteiger partial charge in [-0.25, -0.2) is 9.97 Å². The number of aliphatic hydroxyl groups is 1. The molecule has 3 heterocycles. The van der Waals surface area contributed by atoms with Gasteiger partial charge in [-0.3, -0.25) is 4.79 Å². The first-order chi connectivity index (χ1) is 16.8. The average molecular weight is 474 g/mol. The molecule has 9 heteroatoms. The Labute approximate surface area is 205 Å². The lowest BCUT2D eigenvalue weighted by molar-refractivity contribution is 0.0740. The summed E-state index contributed by atoms with van der Waals surface area (Å²) in [6.07, 6.45) is 5.04. The van der Waals surface area contributed by atoms with Gasteiger partial charge in [0.2, 0.25) is 5.95 Å². The zero-order chi connectivity index (χ0) is 24.8. The second-order valence-electron chi connectivity index (χ2n) is 8.91. The smallest absolute Gasteiger partial charge is 0.256 e. The highest BCUT2D eigenvalue weighted by atomic mass is 16.3. The van der Waals surface area contributed by atoms with E-state index in [-0.39, 0.29) is 11.5 Å². The molecule has 0 fully saturated rings. The van der Waals surface area contributed by atoms with Crippen LogP contribution in [0.3, 0.4) is 0 Å². The third kappa shape index (κ3) is 6.20. The molecule has 0 atom stereocenters. The largest absolute Gasteiger partial charge is 0.384 e. The van der Waals surface area contributed by atoms with Gasteiger partial charge < -0.3 is 26.4 Å². The van der Waals surface area contributed by atoms with Crippen molar-refractivity contribution >= 4 is 29.2 Å². The van der Waals surface area contributed by atoms with E-state index in [4.69, 9.17) is 0 Å². The summed E-state index contributed by atoms with van der Waals surface area (Å²) < 4.78 is 0. The first-order valence-electron chi connectivity index (χ1n) is 11.7. The van der Waals surface area contributed by atoms with E-state index in [1.165, 1.54) is 17.3 Å². The number of hydrogen-bond donors (Lipinski definition) is 5. The van der Waals surface area contributed by atoms with Crippen molar-refractivity contribution in [2.24, 2.45) is 0 Å². The number of hydrogen-bond acceptors (Lipinski definition) is 8. The zero-order valence-electron chi connectivity index (χ0n) is 20.1. The number of aromatic nitrogens is 3. The van der Waals surface area contributed by atoms with Crippen molar-refractivity contribution in [1.82, 2.24) is 25.6 Å². The normalized spacial score (nSPS) is 13.3. The lowest BCUT2D eigenvalue weighted by atomic mass is 10.0. The van der Waals surface area contributed by atoms with Crippen molar-refractivity contribution in [1.29, 1.82) is 0 Å². The number of benzene rings is 1. The number of carbonyl (C=O) groups is 1. The van der Waals surface area contributed by atoms with E-state index in [0.717, 1.165) is 31.6 Å². The number of nitrogens with one attached hydrogen (secondary N) is 4. The lowest BCUT2D eigenvalue weighted by Crippen LogP contribution is -2.25. The van der Waals surface area contributed by atoms with Gasteiger partial charge in [0, 0.05) is 18.4 Å². The van der Waals surface area contributed by atoms with Crippen molar-refractivity contribution in [3.63, 3.8) is 0 Å². The highest BCUT2D eigenvalue weighted by Gasteiger charge is 2.20. The first-order valence-corrected chi connectivity index (χ1v) is 11.7. The third-order valence-electron chi connectivity index (χ3n) is 5.67. The molecule has 0 bridgehead atoms. The number of rotatable bonds is 8. The molecule has 5 N–H and O–H groups in total. The van der Waals surface area contributed by atoms with E-state index >= 15 is 0 Å². The van der Waals surface area contributed by atoms with Crippen LogP contribution in [-0.4, -0.2) is 45.6 Å². The summed E-state index contributed by atoms with van der Waals surface area (Å²) in [5.41, 5.74) is 3.17. The van der Waals surface area contributed by atoms with Gasteiger partial charge in [0.15, 0.2) is 0 Å². The van der Waals surface area contributed by atoms with Crippen LogP contribution in [0.15, 0.2) is 55.3 Å². The van der Waals surface area contributed by atoms with Crippen LogP contribution in [0.1, 0.15) is 41.0 Å². The quantitative estimate of drug-likeness (QED) is 0.316. The molecular weight excluding hydrogens is 442 g/mol. The van der Waals surface area contributed by atoms with Crippen molar-refractivity contribution in [3.8, 4) is 0 Å². The summed E-state index contributed by atoms with van der Waals surface area (Å²) in [5, 5.41) is 22.9. The summed E-state index contributed by atoms with van der Waals surface area (Å²) >= 11 is 0. The maximum absolute atomic E-state index is 12.7. The fourth-order valence-electron chi connectivity index (χ4n) is 3.81. The Morgan fingerprint density at radius 2 is 1.94 bits per heavy atom. The monoisotopic (exact) mass is 473 g/mol. The maximum Gasteiger partial charge on any atom is 0.256 e. The molecule has 4 rings (SSSR count). The van der Waals surface area contributed by atoms with Crippen LogP contribution in [-0.2, 0) is 18.4 Å². The second-order valence-corrected chi connectivity index (χ2v) is 8.91. The van der Waals surface area contributed by atoms with Gasteiger partial charge in [-0.15, -0.1) is 6.58 Å². The van der Waals surface area contributed by atoms with Crippen LogP contribution < -0.4 is 21.3 Å². The number of anilines is 4. The van der Waals surface area contributed by atoms with Crippen LogP contribution in [0.5, 0.6) is 0 Å². The van der Waals surface area contributed by atoms with Gasteiger partial charge in [0.1, 0.15) is 22.8 Å². The predicted molar refractivity (Wildman–Crippen MR) is 137 cm³/mol. The molecule has 0 saturated heterocycles. The van der Waals surface area contributed by atoms with Gasteiger partial charge in [-0.05, 0) is 75.2 Å². The SMILES string of the molecule is C=CCNC(=O)c1cnc(Nc2ccc3c(c2)CCNCC3)nc1Nc1cccc(C(C)(C)O)n1. The maximum atomic E-state index is 12.7. The highest BCUT2D eigenvalue weighted by molar-refractivity contribution is 5.99. The molecule has 1 amide bonds. The van der Waals surface area contributed by atoms with Gasteiger partial charge >= 0.3 is 0 Å². The Bertz CT molecular complexity index is 1220. The Hall–Kier alpha value is -3.82. The topological polar surface area (TPSA) is 124 Å². The molecule has 1 aliphatic heterocycles. The van der Waals surface area contributed by atoms with E-state index in [1.54, 1.807) is 38.1 Å². The molecule has 9 nitrogen and oxygen atoms in total. The minimum Gasteiger partial charge on any atom is -0.384 e. The molecule has 3 aromatic rings. The summed E-state index contributed by atoms with van der Waals surface area (Å²) in [6, 6.07) is 11.5. The summed E-state index contributed by atoms with van der Waals surface area (Å²) in [5.74, 6) is 0.751. The van der Waals surface area contributed by atoms with Crippen molar-refractivity contribution in [3.05, 3.63) is 77.6 Å². The standard InChI is InChI=1S/C26H31N7O2/c1-4-12-28-24(34)20-16-29-25(30-19-9-8-17-10-13-27-14-11-18(17)15-19)33-23(20)32-22-7-5-6-21(31-22)26(2,3)35/h4-9,15-16,27,35H,1,10-14H2,2-3H3,(H,28,34)(H2,29,30,31,32,33). The minimum atomic E-state index is -1.11. The first kappa shape index (κ1) is 24.3. The van der Waals surface area contributed by atoms with Crippen LogP contribution in [0, 0.1) is 0 Å². The van der Waals surface area contributed by atoms with Crippen LogP contribution in [0.2, 0.25) is 0 Å². The minimum absolute atomic E-state index is 0.265. The van der Waals surface area contributed by atoms with Crippen LogP contribution >= 0.6 is 0 Å². The van der Waals surface area contributed by atoms with Crippen molar-refractivity contribution in [2.45, 2.75) is 32.3 Å².